The Kier molecular flexibility index (Phi) is 4.53. The van der Waals surface area contributed by atoms with Gasteiger partial charge in [-0.2, -0.15) is 4.98 Å². The Hall–Kier alpha value is -3.29. The van der Waals surface area contributed by atoms with Gasteiger partial charge in [-0.3, -0.25) is 4.98 Å². The van der Waals surface area contributed by atoms with Crippen LogP contribution in [0.4, 0.5) is 10.5 Å². The van der Waals surface area contributed by atoms with Crippen molar-refractivity contribution in [2.45, 2.75) is 20.3 Å². The van der Waals surface area contributed by atoms with E-state index >= 15 is 0 Å². The van der Waals surface area contributed by atoms with E-state index < -0.39 is 0 Å². The quantitative estimate of drug-likeness (QED) is 0.764. The van der Waals surface area contributed by atoms with Crippen molar-refractivity contribution in [2.75, 3.05) is 18.4 Å². The molecule has 138 valence electrons. The van der Waals surface area contributed by atoms with E-state index in [4.69, 9.17) is 4.52 Å². The fourth-order valence-electron chi connectivity index (χ4n) is 2.99. The lowest BCUT2D eigenvalue weighted by Crippen LogP contribution is -2.52. The number of hydrogen-bond donors (Lipinski definition) is 1. The lowest BCUT2D eigenvalue weighted by molar-refractivity contribution is 0.125. The molecule has 1 aromatic carbocycles. The highest BCUT2D eigenvalue weighted by molar-refractivity contribution is 5.90. The second-order valence-electron chi connectivity index (χ2n) is 6.81. The van der Waals surface area contributed by atoms with Crippen LogP contribution in [-0.4, -0.2) is 44.1 Å². The number of nitrogens with one attached hydrogen (secondary N) is 1. The van der Waals surface area contributed by atoms with Crippen molar-refractivity contribution >= 4 is 11.7 Å². The molecule has 0 atom stereocenters. The Morgan fingerprint density at radius 2 is 2.11 bits per heavy atom. The first-order valence-electron chi connectivity index (χ1n) is 8.80. The normalized spacial score (nSPS) is 14.1. The van der Waals surface area contributed by atoms with Crippen molar-refractivity contribution in [3.63, 3.8) is 0 Å². The Bertz CT molecular complexity index is 950. The topological polar surface area (TPSA) is 97.0 Å². The molecule has 0 radical (unpaired) electrons. The number of rotatable bonds is 4. The zero-order valence-corrected chi connectivity index (χ0v) is 15.2. The number of aromatic nitrogens is 4. The number of carbonyl (C=O) groups excluding carboxylic acids is 1. The van der Waals surface area contributed by atoms with Gasteiger partial charge in [-0.05, 0) is 37.1 Å². The number of carbonyl (C=O) groups is 1. The summed E-state index contributed by atoms with van der Waals surface area (Å²) in [7, 11) is 0. The molecule has 2 amide bonds. The predicted molar refractivity (Wildman–Crippen MR) is 99.0 cm³/mol. The number of urea groups is 1. The summed E-state index contributed by atoms with van der Waals surface area (Å²) in [6.45, 7) is 5.41. The molecule has 3 heterocycles. The number of hydrogen-bond acceptors (Lipinski definition) is 6. The van der Waals surface area contributed by atoms with Crippen LogP contribution in [0.1, 0.15) is 17.0 Å². The van der Waals surface area contributed by atoms with E-state index in [1.165, 1.54) is 5.56 Å². The van der Waals surface area contributed by atoms with Crippen molar-refractivity contribution in [1.82, 2.24) is 25.0 Å². The maximum atomic E-state index is 12.3. The van der Waals surface area contributed by atoms with Gasteiger partial charge in [0, 0.05) is 43.5 Å². The van der Waals surface area contributed by atoms with Gasteiger partial charge in [0.05, 0.1) is 6.20 Å². The third-order valence-electron chi connectivity index (χ3n) is 4.73. The molecule has 3 aromatic rings. The summed E-state index contributed by atoms with van der Waals surface area (Å²) < 4.78 is 5.29. The Morgan fingerprint density at radius 1 is 1.26 bits per heavy atom. The van der Waals surface area contributed by atoms with Crippen LogP contribution in [0.25, 0.3) is 11.5 Å². The van der Waals surface area contributed by atoms with Crippen molar-refractivity contribution < 1.29 is 9.32 Å². The molecular formula is C19H20N6O2. The largest absolute Gasteiger partial charge is 0.339 e. The molecule has 0 aliphatic carbocycles. The number of aryl methyl sites for hydroxylation is 2. The predicted octanol–water partition coefficient (Wildman–Crippen LogP) is 2.85. The van der Waals surface area contributed by atoms with Crippen molar-refractivity contribution in [3.8, 4) is 11.5 Å². The summed E-state index contributed by atoms with van der Waals surface area (Å²) in [5.41, 5.74) is 3.76. The summed E-state index contributed by atoms with van der Waals surface area (Å²) >= 11 is 0. The highest BCUT2D eigenvalue weighted by Gasteiger charge is 2.32. The standard InChI is InChI=1S/C19H20N6O2/c1-12-3-4-15(7-13(12)2)22-19(26)25-10-14(11-25)8-17-23-18(24-27-17)16-9-20-5-6-21-16/h3-7,9,14H,8,10-11H2,1-2H3,(H,22,26). The zero-order chi connectivity index (χ0) is 18.8. The van der Waals surface area contributed by atoms with E-state index in [1.54, 1.807) is 23.5 Å². The molecule has 1 aliphatic rings. The van der Waals surface area contributed by atoms with Crippen LogP contribution < -0.4 is 5.32 Å². The van der Waals surface area contributed by atoms with Crippen molar-refractivity contribution in [3.05, 3.63) is 53.8 Å². The summed E-state index contributed by atoms with van der Waals surface area (Å²) in [6.07, 6.45) is 5.41. The molecule has 0 unspecified atom stereocenters. The monoisotopic (exact) mass is 364 g/mol. The van der Waals surface area contributed by atoms with Crippen LogP contribution in [0.3, 0.4) is 0 Å². The van der Waals surface area contributed by atoms with Crippen molar-refractivity contribution in [1.29, 1.82) is 0 Å². The van der Waals surface area contributed by atoms with E-state index in [2.05, 4.69) is 25.4 Å². The summed E-state index contributed by atoms with van der Waals surface area (Å²) in [5, 5.41) is 6.88. The van der Waals surface area contributed by atoms with Gasteiger partial charge in [0.25, 0.3) is 0 Å². The first-order chi connectivity index (χ1) is 13.1. The fourth-order valence-corrected chi connectivity index (χ4v) is 2.99. The molecule has 0 saturated carbocycles. The highest BCUT2D eigenvalue weighted by atomic mass is 16.5. The van der Waals surface area contributed by atoms with Gasteiger partial charge >= 0.3 is 6.03 Å². The second-order valence-corrected chi connectivity index (χ2v) is 6.81. The average Bonchev–Trinajstić information content (AvgIpc) is 3.10. The molecule has 0 spiro atoms. The molecule has 1 N–H and O–H groups in total. The van der Waals surface area contributed by atoms with Gasteiger partial charge in [-0.1, -0.05) is 11.2 Å². The Balaban J connectivity index is 1.29. The molecule has 27 heavy (non-hydrogen) atoms. The van der Waals surface area contributed by atoms with Gasteiger partial charge in [0.15, 0.2) is 0 Å². The minimum absolute atomic E-state index is 0.0831. The molecular weight excluding hydrogens is 344 g/mol. The summed E-state index contributed by atoms with van der Waals surface area (Å²) in [4.78, 5) is 26.6. The van der Waals surface area contributed by atoms with Gasteiger partial charge in [-0.15, -0.1) is 0 Å². The number of anilines is 1. The molecule has 1 saturated heterocycles. The SMILES string of the molecule is Cc1ccc(NC(=O)N2CC(Cc3nc(-c4cnccn4)no3)C2)cc1C. The Labute approximate surface area is 156 Å². The Morgan fingerprint density at radius 3 is 2.85 bits per heavy atom. The van der Waals surface area contributed by atoms with E-state index in [9.17, 15) is 4.79 Å². The first kappa shape index (κ1) is 17.1. The van der Waals surface area contributed by atoms with Gasteiger partial charge < -0.3 is 14.7 Å². The van der Waals surface area contributed by atoms with Gasteiger partial charge in [0.1, 0.15) is 5.69 Å². The smallest absolute Gasteiger partial charge is 0.321 e. The fraction of sp³-hybridized carbons (Fsp3) is 0.316. The lowest BCUT2D eigenvalue weighted by atomic mass is 9.97. The maximum Gasteiger partial charge on any atom is 0.321 e. The molecule has 1 fully saturated rings. The van der Waals surface area contributed by atoms with Gasteiger partial charge in [0.2, 0.25) is 11.7 Å². The highest BCUT2D eigenvalue weighted by Crippen LogP contribution is 2.22. The second kappa shape index (κ2) is 7.14. The summed E-state index contributed by atoms with van der Waals surface area (Å²) in [5.74, 6) is 1.29. The van der Waals surface area contributed by atoms with Crippen molar-refractivity contribution in [2.24, 2.45) is 5.92 Å². The van der Waals surface area contributed by atoms with E-state index in [-0.39, 0.29) is 6.03 Å². The van der Waals surface area contributed by atoms with Crippen LogP contribution >= 0.6 is 0 Å². The van der Waals surface area contributed by atoms with Crippen LogP contribution in [0.2, 0.25) is 0 Å². The number of amides is 2. The number of likely N-dealkylation sites (tertiary alicyclic amines) is 1. The van der Waals surface area contributed by atoms with Crippen LogP contribution in [0.5, 0.6) is 0 Å². The maximum absolute atomic E-state index is 12.3. The third-order valence-corrected chi connectivity index (χ3v) is 4.73. The lowest BCUT2D eigenvalue weighted by Gasteiger charge is -2.38. The molecule has 4 rings (SSSR count). The van der Waals surface area contributed by atoms with E-state index in [1.807, 2.05) is 32.0 Å². The molecule has 8 heteroatoms. The number of nitrogens with zero attached hydrogens (tertiary/aromatic N) is 5. The zero-order valence-electron chi connectivity index (χ0n) is 15.2. The summed E-state index contributed by atoms with van der Waals surface area (Å²) in [6, 6.07) is 5.83. The van der Waals surface area contributed by atoms with Gasteiger partial charge in [-0.25, -0.2) is 9.78 Å². The molecule has 1 aliphatic heterocycles. The van der Waals surface area contributed by atoms with Crippen LogP contribution in [-0.2, 0) is 6.42 Å². The van der Waals surface area contributed by atoms with Crippen LogP contribution in [0.15, 0.2) is 41.3 Å². The number of benzene rings is 1. The molecule has 2 aromatic heterocycles. The van der Waals surface area contributed by atoms with Crippen LogP contribution in [0, 0.1) is 19.8 Å². The minimum atomic E-state index is -0.0831. The average molecular weight is 364 g/mol. The molecule has 0 bridgehead atoms. The third kappa shape index (κ3) is 3.79. The first-order valence-corrected chi connectivity index (χ1v) is 8.80. The molecule has 8 nitrogen and oxygen atoms in total. The van der Waals surface area contributed by atoms with E-state index in [0.29, 0.717) is 42.8 Å². The minimum Gasteiger partial charge on any atom is -0.339 e. The van der Waals surface area contributed by atoms with E-state index in [0.717, 1.165) is 11.3 Å².